The van der Waals surface area contributed by atoms with Crippen LogP contribution in [0.15, 0.2) is 0 Å². The van der Waals surface area contributed by atoms with Crippen LogP contribution in [0.25, 0.3) is 0 Å². The molecule has 0 aromatic heterocycles. The summed E-state index contributed by atoms with van der Waals surface area (Å²) >= 11 is 0. The summed E-state index contributed by atoms with van der Waals surface area (Å²) in [5.41, 5.74) is 0. The molecule has 0 radical (unpaired) electrons. The molecule has 0 fully saturated rings. The molecule has 0 aromatic carbocycles. The van der Waals surface area contributed by atoms with Crippen LogP contribution in [0.3, 0.4) is 0 Å². The SMILES string of the molecule is CCCCCCCCCCCCCCCCCCCCCCCC(=O)O[C@H](COC(=O)CCCCCCCCCCCCCCCCCCCC)COP(=O)(O)OC[C@@H](O)COP(=O)(O)OC[C@@H](COC(=O)CCCCCCCCC(C)CC)OC(=O)CCCCCCCCCCCCCCCCCCC. The normalized spacial score (nSPS) is 14.0. The second kappa shape index (κ2) is 79.7. The maximum Gasteiger partial charge on any atom is 0.472 e. The zero-order valence-corrected chi connectivity index (χ0v) is 71.4. The highest BCUT2D eigenvalue weighted by Gasteiger charge is 2.30. The first-order valence-corrected chi connectivity index (χ1v) is 48.2. The Morgan fingerprint density at radius 1 is 0.264 bits per heavy atom. The Bertz CT molecular complexity index is 2020. The Kier molecular flexibility index (Phi) is 78.2. The number of ether oxygens (including phenoxy) is 4. The number of esters is 4. The highest BCUT2D eigenvalue weighted by atomic mass is 31.2. The summed E-state index contributed by atoms with van der Waals surface area (Å²) in [5.74, 6) is -1.37. The quantitative estimate of drug-likeness (QED) is 0.0222. The molecule has 0 amide bonds. The van der Waals surface area contributed by atoms with Crippen LogP contribution in [0.2, 0.25) is 0 Å². The summed E-state index contributed by atoms with van der Waals surface area (Å²) in [4.78, 5) is 73.2. The first kappa shape index (κ1) is 104. The minimum atomic E-state index is -4.97. The Morgan fingerprint density at radius 3 is 0.670 bits per heavy atom. The molecule has 0 saturated carbocycles. The predicted molar refractivity (Wildman–Crippen MR) is 437 cm³/mol. The van der Waals surface area contributed by atoms with Crippen molar-refractivity contribution in [2.75, 3.05) is 39.6 Å². The number of hydrogen-bond donors (Lipinski definition) is 3. The number of aliphatic hydroxyl groups is 1. The van der Waals surface area contributed by atoms with Crippen LogP contribution in [-0.4, -0.2) is 96.7 Å². The first-order chi connectivity index (χ1) is 51.6. The standard InChI is InChI=1S/C87H170O17P2/c1-6-10-13-16-19-22-25-28-31-34-36-37-38-41-44-47-50-53-56-63-67-72-86(91)103-82(76-97-84(89)70-65-60-54-51-48-45-42-40-35-32-29-26-23-20-17-14-11-7-2)78-101-105(93,94)99-74-81(88)75-100-106(95,96)102-79-83(77-98-85(90)71-66-61-58-57-59-64-69-80(5)9-4)104-87(92)73-68-62-55-52-49-46-43-39-33-30-27-24-21-18-15-12-8-3/h80-83,88H,6-79H2,1-5H3,(H,93,94)(H,95,96)/t80?,81-,82-,83-/m1/s1. The van der Waals surface area contributed by atoms with Gasteiger partial charge in [0.25, 0.3) is 0 Å². The van der Waals surface area contributed by atoms with E-state index in [-0.39, 0.29) is 25.7 Å². The van der Waals surface area contributed by atoms with Crippen molar-refractivity contribution in [3.8, 4) is 0 Å². The van der Waals surface area contributed by atoms with Gasteiger partial charge in [0, 0.05) is 25.7 Å². The minimum absolute atomic E-state index is 0.108. The first-order valence-electron chi connectivity index (χ1n) is 45.2. The van der Waals surface area contributed by atoms with Gasteiger partial charge < -0.3 is 33.8 Å². The summed E-state index contributed by atoms with van der Waals surface area (Å²) in [7, 11) is -9.93. The maximum absolute atomic E-state index is 13.2. The summed E-state index contributed by atoms with van der Waals surface area (Å²) in [6.45, 7) is 7.33. The third-order valence-corrected chi connectivity index (χ3v) is 22.8. The number of aliphatic hydroxyl groups excluding tert-OH is 1. The van der Waals surface area contributed by atoms with E-state index in [1.54, 1.807) is 0 Å². The lowest BCUT2D eigenvalue weighted by molar-refractivity contribution is -0.161. The summed E-state index contributed by atoms with van der Waals surface area (Å²) in [6, 6.07) is 0. The van der Waals surface area contributed by atoms with Crippen molar-refractivity contribution in [1.82, 2.24) is 0 Å². The van der Waals surface area contributed by atoms with Crippen molar-refractivity contribution in [3.63, 3.8) is 0 Å². The van der Waals surface area contributed by atoms with E-state index in [1.807, 2.05) is 0 Å². The zero-order chi connectivity index (χ0) is 77.6. The lowest BCUT2D eigenvalue weighted by Gasteiger charge is -2.21. The molecule has 19 heteroatoms. The van der Waals surface area contributed by atoms with Gasteiger partial charge in [-0.25, -0.2) is 9.13 Å². The fourth-order valence-corrected chi connectivity index (χ4v) is 15.2. The maximum atomic E-state index is 13.2. The van der Waals surface area contributed by atoms with E-state index < -0.39 is 97.5 Å². The zero-order valence-electron chi connectivity index (χ0n) is 69.6. The third kappa shape index (κ3) is 78.7. The van der Waals surface area contributed by atoms with Gasteiger partial charge in [-0.15, -0.1) is 0 Å². The van der Waals surface area contributed by atoms with E-state index in [4.69, 9.17) is 37.0 Å². The molecule has 0 aliphatic carbocycles. The second-order valence-electron chi connectivity index (χ2n) is 31.5. The highest BCUT2D eigenvalue weighted by molar-refractivity contribution is 7.47. The van der Waals surface area contributed by atoms with Crippen LogP contribution in [0.5, 0.6) is 0 Å². The number of rotatable bonds is 87. The van der Waals surface area contributed by atoms with Crippen molar-refractivity contribution >= 4 is 39.5 Å². The number of phosphoric acid groups is 2. The molecular formula is C87H170O17P2. The number of carbonyl (C=O) groups excluding carboxylic acids is 4. The largest absolute Gasteiger partial charge is 0.472 e. The summed E-state index contributed by atoms with van der Waals surface area (Å²) < 4.78 is 68.9. The summed E-state index contributed by atoms with van der Waals surface area (Å²) in [6.07, 6.45) is 73.7. The fourth-order valence-electron chi connectivity index (χ4n) is 13.6. The Labute approximate surface area is 651 Å². The third-order valence-electron chi connectivity index (χ3n) is 20.9. The van der Waals surface area contributed by atoms with Gasteiger partial charge in [0.1, 0.15) is 19.3 Å². The van der Waals surface area contributed by atoms with Crippen LogP contribution in [-0.2, 0) is 65.4 Å². The van der Waals surface area contributed by atoms with E-state index >= 15 is 0 Å². The number of hydrogen-bond acceptors (Lipinski definition) is 15. The molecule has 0 aliphatic heterocycles. The van der Waals surface area contributed by atoms with E-state index in [2.05, 4.69) is 34.6 Å². The highest BCUT2D eigenvalue weighted by Crippen LogP contribution is 2.45. The van der Waals surface area contributed by atoms with Gasteiger partial charge in [-0.1, -0.05) is 420 Å². The second-order valence-corrected chi connectivity index (χ2v) is 34.4. The van der Waals surface area contributed by atoms with Crippen molar-refractivity contribution in [1.29, 1.82) is 0 Å². The molecule has 0 heterocycles. The average molecular weight is 1550 g/mol. The van der Waals surface area contributed by atoms with Crippen LogP contribution < -0.4 is 0 Å². The Hall–Kier alpha value is -1.94. The van der Waals surface area contributed by atoms with Crippen LogP contribution in [0.1, 0.15) is 471 Å². The van der Waals surface area contributed by atoms with Gasteiger partial charge in [0.05, 0.1) is 26.4 Å². The molecule has 17 nitrogen and oxygen atoms in total. The Morgan fingerprint density at radius 2 is 0.453 bits per heavy atom. The number of carbonyl (C=O) groups is 4. The molecule has 0 aromatic rings. The van der Waals surface area contributed by atoms with E-state index in [9.17, 15) is 43.2 Å². The minimum Gasteiger partial charge on any atom is -0.462 e. The van der Waals surface area contributed by atoms with E-state index in [0.29, 0.717) is 25.7 Å². The van der Waals surface area contributed by atoms with E-state index in [1.165, 1.54) is 289 Å². The predicted octanol–water partition coefficient (Wildman–Crippen LogP) is 26.8. The topological polar surface area (TPSA) is 237 Å². The van der Waals surface area contributed by atoms with Gasteiger partial charge in [-0.3, -0.25) is 37.3 Å². The molecule has 3 unspecified atom stereocenters. The van der Waals surface area contributed by atoms with Crippen LogP contribution >= 0.6 is 15.6 Å². The Balaban J connectivity index is 5.22. The summed E-state index contributed by atoms with van der Waals surface area (Å²) in [5, 5.41) is 10.7. The molecule has 0 rings (SSSR count). The molecule has 630 valence electrons. The van der Waals surface area contributed by atoms with Crippen LogP contribution in [0, 0.1) is 5.92 Å². The monoisotopic (exact) mass is 1550 g/mol. The van der Waals surface area contributed by atoms with Gasteiger partial charge in [-0.2, -0.15) is 0 Å². The van der Waals surface area contributed by atoms with E-state index in [0.717, 1.165) is 102 Å². The number of unbranched alkanes of at least 4 members (excludes halogenated alkanes) is 58. The molecule has 6 atom stereocenters. The average Bonchev–Trinajstić information content (AvgIpc) is 0.901. The fraction of sp³-hybridized carbons (Fsp3) is 0.954. The molecule has 0 spiro atoms. The van der Waals surface area contributed by atoms with Gasteiger partial charge in [0.2, 0.25) is 0 Å². The molecule has 0 saturated heterocycles. The lowest BCUT2D eigenvalue weighted by atomic mass is 10.00. The van der Waals surface area contributed by atoms with Crippen molar-refractivity contribution in [2.24, 2.45) is 5.92 Å². The molecule has 3 N–H and O–H groups in total. The van der Waals surface area contributed by atoms with Crippen LogP contribution in [0.4, 0.5) is 0 Å². The smallest absolute Gasteiger partial charge is 0.462 e. The van der Waals surface area contributed by atoms with Gasteiger partial charge in [0.15, 0.2) is 12.2 Å². The van der Waals surface area contributed by atoms with Gasteiger partial charge in [-0.05, 0) is 31.6 Å². The molecule has 0 aliphatic rings. The molecule has 106 heavy (non-hydrogen) atoms. The van der Waals surface area contributed by atoms with Crippen molar-refractivity contribution in [2.45, 2.75) is 490 Å². The molecular weight excluding hydrogens is 1380 g/mol. The van der Waals surface area contributed by atoms with Crippen molar-refractivity contribution < 1.29 is 80.2 Å². The van der Waals surface area contributed by atoms with Crippen molar-refractivity contribution in [3.05, 3.63) is 0 Å². The number of phosphoric ester groups is 2. The lowest BCUT2D eigenvalue weighted by Crippen LogP contribution is -2.30. The van der Waals surface area contributed by atoms with Gasteiger partial charge >= 0.3 is 39.5 Å². The molecule has 0 bridgehead atoms.